The third-order valence-corrected chi connectivity index (χ3v) is 3.98. The summed E-state index contributed by atoms with van der Waals surface area (Å²) in [6.07, 6.45) is 0. The number of carboxylic acid groups (broad SMARTS) is 1. The average Bonchev–Trinajstić information content (AvgIpc) is 2.84. The van der Waals surface area contributed by atoms with Crippen LogP contribution in [0.3, 0.4) is 0 Å². The van der Waals surface area contributed by atoms with Gasteiger partial charge in [-0.1, -0.05) is 15.9 Å². The van der Waals surface area contributed by atoms with Crippen LogP contribution in [0.1, 0.15) is 10.6 Å². The molecule has 21 heavy (non-hydrogen) atoms. The molecule has 0 amide bonds. The standard InChI is InChI=1S/C11H6BrF2NO5S/c12-5-3-6(13)10(7(14)4-5)15-21(18,19)9-2-1-8(20-9)11(16)17/h1-4,15H,(H,16,17). The van der Waals surface area contributed by atoms with Crippen molar-refractivity contribution in [3.63, 3.8) is 0 Å². The molecule has 10 heteroatoms. The quantitative estimate of drug-likeness (QED) is 0.848. The van der Waals surface area contributed by atoms with E-state index in [1.807, 2.05) is 0 Å². The molecule has 0 atom stereocenters. The van der Waals surface area contributed by atoms with E-state index in [4.69, 9.17) is 5.11 Å². The molecule has 1 heterocycles. The topological polar surface area (TPSA) is 96.6 Å². The van der Waals surface area contributed by atoms with E-state index in [1.54, 1.807) is 4.72 Å². The molecule has 0 aliphatic rings. The maximum Gasteiger partial charge on any atom is 0.371 e. The summed E-state index contributed by atoms with van der Waals surface area (Å²) in [5, 5.41) is 7.86. The molecule has 0 spiro atoms. The fourth-order valence-electron chi connectivity index (χ4n) is 1.40. The van der Waals surface area contributed by atoms with Crippen LogP contribution in [0, 0.1) is 11.6 Å². The highest BCUT2D eigenvalue weighted by atomic mass is 79.9. The molecule has 0 unspecified atom stereocenters. The molecule has 0 aliphatic carbocycles. The van der Waals surface area contributed by atoms with Crippen LogP contribution in [0.4, 0.5) is 14.5 Å². The smallest absolute Gasteiger partial charge is 0.371 e. The van der Waals surface area contributed by atoms with E-state index < -0.39 is 44.2 Å². The average molecular weight is 382 g/mol. The molecule has 2 aromatic rings. The summed E-state index contributed by atoms with van der Waals surface area (Å²) < 4.78 is 57.2. The lowest BCUT2D eigenvalue weighted by Crippen LogP contribution is -2.14. The van der Waals surface area contributed by atoms with Crippen LogP contribution in [0.25, 0.3) is 0 Å². The monoisotopic (exact) mass is 381 g/mol. The molecule has 0 bridgehead atoms. The number of halogens is 3. The Bertz CT molecular complexity index is 795. The summed E-state index contributed by atoms with van der Waals surface area (Å²) in [6, 6.07) is 3.50. The number of aromatic carboxylic acids is 1. The Labute approximate surface area is 125 Å². The largest absolute Gasteiger partial charge is 0.475 e. The number of nitrogens with one attached hydrogen (secondary N) is 1. The molecule has 0 fully saturated rings. The second-order valence-electron chi connectivity index (χ2n) is 3.77. The molecular weight excluding hydrogens is 376 g/mol. The summed E-state index contributed by atoms with van der Waals surface area (Å²) in [5.41, 5.74) is -0.897. The van der Waals surface area contributed by atoms with Gasteiger partial charge in [0.15, 0.2) is 11.6 Å². The summed E-state index contributed by atoms with van der Waals surface area (Å²) in [7, 11) is -4.46. The summed E-state index contributed by atoms with van der Waals surface area (Å²) in [4.78, 5) is 10.6. The van der Waals surface area contributed by atoms with Crippen molar-refractivity contribution < 1.29 is 31.5 Å². The van der Waals surface area contributed by atoms with Gasteiger partial charge in [0.1, 0.15) is 5.69 Å². The van der Waals surface area contributed by atoms with Gasteiger partial charge in [-0.2, -0.15) is 8.42 Å². The Morgan fingerprint density at radius 1 is 1.24 bits per heavy atom. The Morgan fingerprint density at radius 2 is 1.81 bits per heavy atom. The Hall–Kier alpha value is -1.94. The number of hydrogen-bond acceptors (Lipinski definition) is 4. The second-order valence-corrected chi connectivity index (χ2v) is 6.30. The number of benzene rings is 1. The second kappa shape index (κ2) is 5.45. The number of carboxylic acids is 1. The number of hydrogen-bond donors (Lipinski definition) is 2. The van der Waals surface area contributed by atoms with E-state index >= 15 is 0 Å². The minimum atomic E-state index is -4.46. The van der Waals surface area contributed by atoms with E-state index in [0.29, 0.717) is 0 Å². The predicted octanol–water partition coefficient (Wildman–Crippen LogP) is 2.82. The Kier molecular flexibility index (Phi) is 4.01. The van der Waals surface area contributed by atoms with Gasteiger partial charge >= 0.3 is 5.97 Å². The van der Waals surface area contributed by atoms with E-state index in [-0.39, 0.29) is 4.47 Å². The zero-order valence-corrected chi connectivity index (χ0v) is 12.3. The molecule has 1 aromatic heterocycles. The molecule has 2 rings (SSSR count). The zero-order valence-electron chi connectivity index (χ0n) is 9.93. The van der Waals surface area contributed by atoms with Crippen LogP contribution in [0.15, 0.2) is 38.2 Å². The maximum atomic E-state index is 13.6. The van der Waals surface area contributed by atoms with Gasteiger partial charge < -0.3 is 9.52 Å². The van der Waals surface area contributed by atoms with Crippen molar-refractivity contribution in [2.24, 2.45) is 0 Å². The summed E-state index contributed by atoms with van der Waals surface area (Å²) >= 11 is 2.85. The van der Waals surface area contributed by atoms with Crippen LogP contribution in [-0.2, 0) is 10.0 Å². The van der Waals surface area contributed by atoms with Gasteiger partial charge in [0.2, 0.25) is 10.9 Å². The molecule has 2 N–H and O–H groups in total. The highest BCUT2D eigenvalue weighted by Gasteiger charge is 2.24. The molecule has 1 aromatic carbocycles. The fourth-order valence-corrected chi connectivity index (χ4v) is 2.82. The molecular formula is C11H6BrF2NO5S. The number of sulfonamides is 1. The van der Waals surface area contributed by atoms with Crippen molar-refractivity contribution >= 4 is 37.6 Å². The van der Waals surface area contributed by atoms with E-state index in [9.17, 15) is 22.0 Å². The van der Waals surface area contributed by atoms with Crippen LogP contribution < -0.4 is 4.72 Å². The first-order chi connectivity index (χ1) is 9.70. The third-order valence-electron chi connectivity index (χ3n) is 2.30. The normalized spacial score (nSPS) is 11.4. The van der Waals surface area contributed by atoms with Gasteiger partial charge in [-0.05, 0) is 24.3 Å². The van der Waals surface area contributed by atoms with E-state index in [1.165, 1.54) is 0 Å². The molecule has 112 valence electrons. The SMILES string of the molecule is O=C(O)c1ccc(S(=O)(=O)Nc2c(F)cc(Br)cc2F)o1. The number of carbonyl (C=O) groups is 1. The minimum absolute atomic E-state index is 0.0895. The van der Waals surface area contributed by atoms with Crippen molar-refractivity contribution in [3.05, 3.63) is 46.1 Å². The molecule has 0 saturated heterocycles. The van der Waals surface area contributed by atoms with Crippen LogP contribution in [0.2, 0.25) is 0 Å². The fraction of sp³-hybridized carbons (Fsp3) is 0. The first-order valence-corrected chi connectivity index (χ1v) is 7.49. The summed E-state index contributed by atoms with van der Waals surface area (Å²) in [6.45, 7) is 0. The number of anilines is 1. The van der Waals surface area contributed by atoms with E-state index in [2.05, 4.69) is 20.3 Å². The predicted molar refractivity (Wildman–Crippen MR) is 70.5 cm³/mol. The lowest BCUT2D eigenvalue weighted by molar-refractivity contribution is 0.0656. The highest BCUT2D eigenvalue weighted by molar-refractivity contribution is 9.10. The maximum absolute atomic E-state index is 13.6. The van der Waals surface area contributed by atoms with Gasteiger partial charge in [0.25, 0.3) is 10.0 Å². The van der Waals surface area contributed by atoms with Gasteiger partial charge in [-0.3, -0.25) is 4.72 Å². The first-order valence-electron chi connectivity index (χ1n) is 5.21. The van der Waals surface area contributed by atoms with Gasteiger partial charge in [0, 0.05) is 4.47 Å². The van der Waals surface area contributed by atoms with Crippen LogP contribution in [-0.4, -0.2) is 19.5 Å². The van der Waals surface area contributed by atoms with Crippen molar-refractivity contribution in [3.8, 4) is 0 Å². The van der Waals surface area contributed by atoms with Crippen molar-refractivity contribution in [2.45, 2.75) is 5.09 Å². The Balaban J connectivity index is 2.40. The van der Waals surface area contributed by atoms with Gasteiger partial charge in [-0.15, -0.1) is 0 Å². The van der Waals surface area contributed by atoms with E-state index in [0.717, 1.165) is 24.3 Å². The molecule has 0 radical (unpaired) electrons. The van der Waals surface area contributed by atoms with Crippen molar-refractivity contribution in [1.29, 1.82) is 0 Å². The van der Waals surface area contributed by atoms with Crippen molar-refractivity contribution in [1.82, 2.24) is 0 Å². The lowest BCUT2D eigenvalue weighted by atomic mass is 10.3. The Morgan fingerprint density at radius 3 is 2.29 bits per heavy atom. The van der Waals surface area contributed by atoms with Gasteiger partial charge in [-0.25, -0.2) is 13.6 Å². The third kappa shape index (κ3) is 3.22. The zero-order chi connectivity index (χ0) is 15.8. The van der Waals surface area contributed by atoms with Gasteiger partial charge in [0.05, 0.1) is 0 Å². The number of furan rings is 1. The lowest BCUT2D eigenvalue weighted by Gasteiger charge is -2.08. The highest BCUT2D eigenvalue weighted by Crippen LogP contribution is 2.26. The first kappa shape index (κ1) is 15.4. The molecule has 0 saturated carbocycles. The molecule has 0 aliphatic heterocycles. The van der Waals surface area contributed by atoms with Crippen LogP contribution in [0.5, 0.6) is 0 Å². The van der Waals surface area contributed by atoms with Crippen molar-refractivity contribution in [2.75, 3.05) is 4.72 Å². The van der Waals surface area contributed by atoms with Crippen LogP contribution >= 0.6 is 15.9 Å². The number of rotatable bonds is 4. The molecule has 6 nitrogen and oxygen atoms in total. The minimum Gasteiger partial charge on any atom is -0.475 e. The summed E-state index contributed by atoms with van der Waals surface area (Å²) in [5.74, 6) is -4.38.